The third-order valence-electron chi connectivity index (χ3n) is 2.84. The molecule has 2 rings (SSSR count). The molecule has 0 aliphatic carbocycles. The van der Waals surface area contributed by atoms with Crippen molar-refractivity contribution >= 4 is 59.1 Å². The molecule has 0 aliphatic heterocycles. The van der Waals surface area contributed by atoms with Gasteiger partial charge in [0.1, 0.15) is 5.82 Å². The van der Waals surface area contributed by atoms with Crippen LogP contribution in [0.25, 0.3) is 0 Å². The fourth-order valence-corrected chi connectivity index (χ4v) is 4.58. The van der Waals surface area contributed by atoms with Crippen molar-refractivity contribution in [3.05, 3.63) is 53.3 Å². The molecule has 0 fully saturated rings. The molecule has 1 nitrogen and oxygen atoms in total. The lowest BCUT2D eigenvalue weighted by molar-refractivity contribution is 0.585. The van der Waals surface area contributed by atoms with E-state index < -0.39 is 0 Å². The lowest BCUT2D eigenvalue weighted by Crippen LogP contribution is -2.23. The van der Waals surface area contributed by atoms with Gasteiger partial charge in [0, 0.05) is 9.35 Å². The average molecular weight is 486 g/mol. The standard InChI is InChI=1S/C14H13Br3FNS/c1-2-6-19-13(11-7-9(15)14(17)20-11)8-4-3-5-10(18)12(8)16/h3-5,7,13,19H,2,6H2,1H3. The summed E-state index contributed by atoms with van der Waals surface area (Å²) < 4.78 is 16.4. The molecule has 0 bridgehead atoms. The van der Waals surface area contributed by atoms with Crippen molar-refractivity contribution in [2.24, 2.45) is 0 Å². The van der Waals surface area contributed by atoms with Gasteiger partial charge in [0.05, 0.1) is 14.3 Å². The fraction of sp³-hybridized carbons (Fsp3) is 0.286. The Morgan fingerprint density at radius 3 is 2.65 bits per heavy atom. The molecule has 0 amide bonds. The summed E-state index contributed by atoms with van der Waals surface area (Å²) in [7, 11) is 0. The Morgan fingerprint density at radius 2 is 2.05 bits per heavy atom. The topological polar surface area (TPSA) is 12.0 Å². The first-order valence-corrected chi connectivity index (χ1v) is 9.36. The molecule has 1 aromatic heterocycles. The van der Waals surface area contributed by atoms with Crippen LogP contribution in [0.5, 0.6) is 0 Å². The normalized spacial score (nSPS) is 12.7. The fourth-order valence-electron chi connectivity index (χ4n) is 1.90. The van der Waals surface area contributed by atoms with Crippen LogP contribution in [0.3, 0.4) is 0 Å². The van der Waals surface area contributed by atoms with Crippen LogP contribution < -0.4 is 5.32 Å². The first kappa shape index (κ1) is 16.6. The van der Waals surface area contributed by atoms with Crippen molar-refractivity contribution in [1.82, 2.24) is 5.32 Å². The molecule has 1 atom stereocenters. The van der Waals surface area contributed by atoms with Crippen molar-refractivity contribution in [3.8, 4) is 0 Å². The Hall–Kier alpha value is 0.250. The molecule has 0 saturated carbocycles. The highest BCUT2D eigenvalue weighted by molar-refractivity contribution is 9.13. The molecule has 0 spiro atoms. The van der Waals surface area contributed by atoms with E-state index in [1.807, 2.05) is 6.07 Å². The maximum atomic E-state index is 13.8. The summed E-state index contributed by atoms with van der Waals surface area (Å²) in [5.41, 5.74) is 0.916. The average Bonchev–Trinajstić information content (AvgIpc) is 2.74. The lowest BCUT2D eigenvalue weighted by Gasteiger charge is -2.19. The number of thiophene rings is 1. The number of halogens is 4. The van der Waals surface area contributed by atoms with E-state index >= 15 is 0 Å². The summed E-state index contributed by atoms with van der Waals surface area (Å²) >= 11 is 12.0. The molecule has 0 aliphatic rings. The van der Waals surface area contributed by atoms with E-state index in [0.29, 0.717) is 4.47 Å². The molecular weight excluding hydrogens is 473 g/mol. The van der Waals surface area contributed by atoms with E-state index in [2.05, 4.69) is 66.1 Å². The van der Waals surface area contributed by atoms with Crippen LogP contribution >= 0.6 is 59.1 Å². The molecule has 1 heterocycles. The minimum atomic E-state index is -0.236. The summed E-state index contributed by atoms with van der Waals surface area (Å²) in [6.45, 7) is 2.99. The molecule has 0 radical (unpaired) electrons. The van der Waals surface area contributed by atoms with Gasteiger partial charge >= 0.3 is 0 Å². The van der Waals surface area contributed by atoms with Gasteiger partial charge < -0.3 is 5.32 Å². The predicted octanol–water partition coefficient (Wildman–Crippen LogP) is 6.26. The van der Waals surface area contributed by atoms with Crippen molar-refractivity contribution < 1.29 is 4.39 Å². The minimum Gasteiger partial charge on any atom is -0.306 e. The van der Waals surface area contributed by atoms with Crippen molar-refractivity contribution in [2.45, 2.75) is 19.4 Å². The molecule has 1 aromatic carbocycles. The molecule has 1 unspecified atom stereocenters. The highest BCUT2D eigenvalue weighted by Crippen LogP contribution is 2.39. The maximum Gasteiger partial charge on any atom is 0.137 e. The van der Waals surface area contributed by atoms with E-state index in [4.69, 9.17) is 0 Å². The van der Waals surface area contributed by atoms with Crippen LogP contribution in [0.15, 0.2) is 37.0 Å². The zero-order valence-corrected chi connectivity index (χ0v) is 16.3. The molecule has 6 heteroatoms. The van der Waals surface area contributed by atoms with Gasteiger partial charge in [0.15, 0.2) is 0 Å². The van der Waals surface area contributed by atoms with Crippen molar-refractivity contribution in [1.29, 1.82) is 0 Å². The van der Waals surface area contributed by atoms with Crippen LogP contribution in [0, 0.1) is 5.82 Å². The quantitative estimate of drug-likeness (QED) is 0.526. The van der Waals surface area contributed by atoms with Crippen molar-refractivity contribution in [3.63, 3.8) is 0 Å². The second-order valence-electron chi connectivity index (χ2n) is 4.30. The van der Waals surface area contributed by atoms with Crippen LogP contribution in [0.1, 0.15) is 29.8 Å². The Morgan fingerprint density at radius 1 is 1.30 bits per heavy atom. The highest BCUT2D eigenvalue weighted by Gasteiger charge is 2.20. The van der Waals surface area contributed by atoms with Crippen LogP contribution in [0.2, 0.25) is 0 Å². The molecule has 2 aromatic rings. The number of hydrogen-bond acceptors (Lipinski definition) is 2. The van der Waals surface area contributed by atoms with Gasteiger partial charge in [0.2, 0.25) is 0 Å². The molecular formula is C14H13Br3FNS. The van der Waals surface area contributed by atoms with E-state index in [9.17, 15) is 4.39 Å². The highest BCUT2D eigenvalue weighted by atomic mass is 79.9. The molecule has 0 saturated heterocycles. The summed E-state index contributed by atoms with van der Waals surface area (Å²) in [4.78, 5) is 1.14. The summed E-state index contributed by atoms with van der Waals surface area (Å²) in [6, 6.07) is 7.20. The molecule has 20 heavy (non-hydrogen) atoms. The van der Waals surface area contributed by atoms with Gasteiger partial charge in [-0.05, 0) is 78.5 Å². The lowest BCUT2D eigenvalue weighted by atomic mass is 10.1. The van der Waals surface area contributed by atoms with Gasteiger partial charge in [-0.2, -0.15) is 0 Å². The van der Waals surface area contributed by atoms with Crippen molar-refractivity contribution in [2.75, 3.05) is 6.54 Å². The van der Waals surface area contributed by atoms with E-state index in [1.165, 1.54) is 6.07 Å². The zero-order chi connectivity index (χ0) is 14.7. The van der Waals surface area contributed by atoms with Gasteiger partial charge in [0.25, 0.3) is 0 Å². The third-order valence-corrected chi connectivity index (χ3v) is 7.00. The summed E-state index contributed by atoms with van der Waals surface area (Å²) in [5, 5.41) is 3.48. The van der Waals surface area contributed by atoms with Gasteiger partial charge in [-0.1, -0.05) is 19.1 Å². The smallest absolute Gasteiger partial charge is 0.137 e. The van der Waals surface area contributed by atoms with Gasteiger partial charge in [-0.15, -0.1) is 11.3 Å². The maximum absolute atomic E-state index is 13.8. The summed E-state index contributed by atoms with van der Waals surface area (Å²) in [5.74, 6) is -0.236. The molecule has 1 N–H and O–H groups in total. The minimum absolute atomic E-state index is 0.0207. The number of benzene rings is 1. The van der Waals surface area contributed by atoms with Gasteiger partial charge in [-0.25, -0.2) is 4.39 Å². The first-order chi connectivity index (χ1) is 9.54. The zero-order valence-electron chi connectivity index (χ0n) is 10.7. The molecule has 108 valence electrons. The predicted molar refractivity (Wildman–Crippen MR) is 94.0 cm³/mol. The largest absolute Gasteiger partial charge is 0.306 e. The van der Waals surface area contributed by atoms with E-state index in [0.717, 1.165) is 31.7 Å². The van der Waals surface area contributed by atoms with E-state index in [-0.39, 0.29) is 11.9 Å². The third kappa shape index (κ3) is 3.71. The second-order valence-corrected chi connectivity index (χ2v) is 8.35. The van der Waals surface area contributed by atoms with Gasteiger partial charge in [-0.3, -0.25) is 0 Å². The SMILES string of the molecule is CCCNC(c1cc(Br)c(Br)s1)c1cccc(F)c1Br. The van der Waals surface area contributed by atoms with E-state index in [1.54, 1.807) is 17.4 Å². The van der Waals surface area contributed by atoms with Crippen LogP contribution in [0.4, 0.5) is 4.39 Å². The number of hydrogen-bond donors (Lipinski definition) is 1. The Balaban J connectivity index is 2.44. The monoisotopic (exact) mass is 483 g/mol. The Labute approximate surface area is 147 Å². The first-order valence-electron chi connectivity index (χ1n) is 6.16. The van der Waals surface area contributed by atoms with Crippen LogP contribution in [-0.4, -0.2) is 6.54 Å². The summed E-state index contributed by atoms with van der Waals surface area (Å²) in [6.07, 6.45) is 1.02. The Kier molecular flexibility index (Phi) is 6.23. The number of nitrogens with one attached hydrogen (secondary N) is 1. The van der Waals surface area contributed by atoms with Crippen LogP contribution in [-0.2, 0) is 0 Å². The Bertz CT molecular complexity index is 581. The number of rotatable bonds is 5. The second kappa shape index (κ2) is 7.49.